The van der Waals surface area contributed by atoms with E-state index in [2.05, 4.69) is 10.1 Å². The molecule has 0 aliphatic carbocycles. The molecular weight excluding hydrogens is 352 g/mol. The Morgan fingerprint density at radius 1 is 1.12 bits per heavy atom. The van der Waals surface area contributed by atoms with E-state index in [4.69, 9.17) is 20.5 Å². The predicted octanol–water partition coefficient (Wildman–Crippen LogP) is 5.62. The van der Waals surface area contributed by atoms with E-state index in [1.165, 1.54) is 6.92 Å². The van der Waals surface area contributed by atoms with Gasteiger partial charge in [0, 0.05) is 21.5 Å². The molecule has 0 saturated carbocycles. The van der Waals surface area contributed by atoms with Crippen LogP contribution in [0.15, 0.2) is 45.3 Å². The van der Waals surface area contributed by atoms with E-state index in [1.807, 2.05) is 26.0 Å². The minimum absolute atomic E-state index is 0.0111. The number of aryl methyl sites for hydroxylation is 2. The van der Waals surface area contributed by atoms with Gasteiger partial charge >= 0.3 is 0 Å². The highest BCUT2D eigenvalue weighted by molar-refractivity contribution is 6.32. The van der Waals surface area contributed by atoms with Crippen LogP contribution in [0.2, 0.25) is 5.02 Å². The van der Waals surface area contributed by atoms with Gasteiger partial charge in [0.15, 0.2) is 11.5 Å². The quantitative estimate of drug-likeness (QED) is 0.440. The summed E-state index contributed by atoms with van der Waals surface area (Å²) in [5.41, 5.74) is 4.05. The number of carbonyl (C=O) groups is 1. The topological polar surface area (TPSA) is 69.1 Å². The van der Waals surface area contributed by atoms with E-state index in [0.717, 1.165) is 27.7 Å². The van der Waals surface area contributed by atoms with Crippen molar-refractivity contribution in [2.45, 2.75) is 20.8 Å². The fourth-order valence-corrected chi connectivity index (χ4v) is 3.12. The number of furan rings is 1. The molecule has 2 aromatic heterocycles. The van der Waals surface area contributed by atoms with Crippen molar-refractivity contribution in [3.05, 3.63) is 58.1 Å². The van der Waals surface area contributed by atoms with Crippen LogP contribution >= 0.6 is 11.6 Å². The molecule has 0 saturated heterocycles. The molecule has 0 aliphatic rings. The molecule has 2 heterocycles. The number of hydrogen-bond acceptors (Lipinski definition) is 5. The fraction of sp³-hybridized carbons (Fsp3) is 0.150. The van der Waals surface area contributed by atoms with Crippen molar-refractivity contribution in [1.29, 1.82) is 0 Å². The van der Waals surface area contributed by atoms with Crippen molar-refractivity contribution in [3.63, 3.8) is 0 Å². The number of hydrogen-bond donors (Lipinski definition) is 0. The normalized spacial score (nSPS) is 11.2. The monoisotopic (exact) mass is 366 g/mol. The van der Waals surface area contributed by atoms with E-state index in [1.54, 1.807) is 24.3 Å². The third kappa shape index (κ3) is 2.70. The van der Waals surface area contributed by atoms with E-state index in [0.29, 0.717) is 28.1 Å². The maximum Gasteiger partial charge on any atom is 0.293 e. The molecule has 0 atom stereocenters. The molecule has 5 nitrogen and oxygen atoms in total. The number of carbonyl (C=O) groups excluding carboxylic acids is 1. The van der Waals surface area contributed by atoms with Gasteiger partial charge in [0.1, 0.15) is 5.58 Å². The lowest BCUT2D eigenvalue weighted by atomic mass is 10.1. The Morgan fingerprint density at radius 2 is 1.85 bits per heavy atom. The predicted molar refractivity (Wildman–Crippen MR) is 99.4 cm³/mol. The molecule has 0 bridgehead atoms. The van der Waals surface area contributed by atoms with Crippen LogP contribution in [0.5, 0.6) is 0 Å². The Kier molecular flexibility index (Phi) is 3.89. The minimum atomic E-state index is 0.0111. The molecule has 4 aromatic rings. The first-order chi connectivity index (χ1) is 12.4. The average molecular weight is 367 g/mol. The van der Waals surface area contributed by atoms with Crippen molar-refractivity contribution < 1.29 is 13.7 Å². The summed E-state index contributed by atoms with van der Waals surface area (Å²) < 4.78 is 11.3. The molecule has 0 aliphatic heterocycles. The first-order valence-electron chi connectivity index (χ1n) is 8.08. The van der Waals surface area contributed by atoms with Gasteiger partial charge in [-0.15, -0.1) is 0 Å². The van der Waals surface area contributed by atoms with Gasteiger partial charge in [-0.1, -0.05) is 41.0 Å². The lowest BCUT2D eigenvalue weighted by Crippen LogP contribution is -1.91. The second-order valence-corrected chi connectivity index (χ2v) is 6.62. The second kappa shape index (κ2) is 6.11. The molecule has 6 heteroatoms. The van der Waals surface area contributed by atoms with Crippen molar-refractivity contribution in [1.82, 2.24) is 10.1 Å². The summed E-state index contributed by atoms with van der Waals surface area (Å²) in [6.45, 7) is 5.41. The summed E-state index contributed by atoms with van der Waals surface area (Å²) in [6.07, 6.45) is 0. The van der Waals surface area contributed by atoms with Crippen molar-refractivity contribution in [2.75, 3.05) is 0 Å². The van der Waals surface area contributed by atoms with E-state index in [9.17, 15) is 4.79 Å². The number of halogens is 1. The second-order valence-electron chi connectivity index (χ2n) is 6.21. The maximum absolute atomic E-state index is 11.4. The van der Waals surface area contributed by atoms with Crippen molar-refractivity contribution in [2.24, 2.45) is 0 Å². The van der Waals surface area contributed by atoms with Gasteiger partial charge < -0.3 is 8.94 Å². The lowest BCUT2D eigenvalue weighted by Gasteiger charge is -2.01. The van der Waals surface area contributed by atoms with Crippen LogP contribution in [0.3, 0.4) is 0 Å². The number of nitrogens with zero attached hydrogens (tertiary/aromatic N) is 2. The maximum atomic E-state index is 11.4. The molecule has 0 unspecified atom stereocenters. The SMILES string of the molecule is CC(=O)c1ccc(-c2noc(-c3cc4c(C)c(Cl)cc(C)c4o3)n2)cc1. The molecule has 130 valence electrons. The Balaban J connectivity index is 1.74. The molecule has 0 fully saturated rings. The summed E-state index contributed by atoms with van der Waals surface area (Å²) in [7, 11) is 0. The Bertz CT molecular complexity index is 1140. The van der Waals surface area contributed by atoms with Gasteiger partial charge in [-0.3, -0.25) is 4.79 Å². The third-order valence-corrected chi connectivity index (χ3v) is 4.77. The Morgan fingerprint density at radius 3 is 2.54 bits per heavy atom. The summed E-state index contributed by atoms with van der Waals surface area (Å²) in [4.78, 5) is 15.8. The summed E-state index contributed by atoms with van der Waals surface area (Å²) >= 11 is 6.25. The fourth-order valence-electron chi connectivity index (χ4n) is 2.86. The van der Waals surface area contributed by atoms with E-state index >= 15 is 0 Å². The highest BCUT2D eigenvalue weighted by atomic mass is 35.5. The first kappa shape index (κ1) is 16.5. The van der Waals surface area contributed by atoms with Crippen LogP contribution in [-0.4, -0.2) is 15.9 Å². The van der Waals surface area contributed by atoms with Gasteiger partial charge in [0.25, 0.3) is 5.89 Å². The standard InChI is InChI=1S/C20H15ClN2O3/c1-10-8-16(21)11(2)15-9-17(25-18(10)15)20-22-19(23-26-20)14-6-4-13(5-7-14)12(3)24/h4-9H,1-3H3. The van der Waals surface area contributed by atoms with Gasteiger partial charge in [-0.2, -0.15) is 4.98 Å². The Labute approximate surface area is 154 Å². The zero-order valence-electron chi connectivity index (χ0n) is 14.5. The van der Waals surface area contributed by atoms with Crippen LogP contribution in [0, 0.1) is 13.8 Å². The number of aromatic nitrogens is 2. The van der Waals surface area contributed by atoms with Gasteiger partial charge in [-0.05, 0) is 44.0 Å². The molecule has 26 heavy (non-hydrogen) atoms. The van der Waals surface area contributed by atoms with E-state index in [-0.39, 0.29) is 5.78 Å². The number of benzene rings is 2. The highest BCUT2D eigenvalue weighted by Gasteiger charge is 2.18. The van der Waals surface area contributed by atoms with Crippen molar-refractivity contribution >= 4 is 28.4 Å². The largest absolute Gasteiger partial charge is 0.451 e. The molecule has 4 rings (SSSR count). The van der Waals surface area contributed by atoms with Gasteiger partial charge in [0.2, 0.25) is 5.82 Å². The highest BCUT2D eigenvalue weighted by Crippen LogP contribution is 2.35. The zero-order chi connectivity index (χ0) is 18.4. The molecule has 0 N–H and O–H groups in total. The number of fused-ring (bicyclic) bond motifs is 1. The summed E-state index contributed by atoms with van der Waals surface area (Å²) in [5.74, 6) is 1.23. The third-order valence-electron chi connectivity index (χ3n) is 4.38. The van der Waals surface area contributed by atoms with Crippen LogP contribution in [-0.2, 0) is 0 Å². The molecule has 0 radical (unpaired) electrons. The summed E-state index contributed by atoms with van der Waals surface area (Å²) in [6, 6.07) is 10.8. The first-order valence-corrected chi connectivity index (χ1v) is 8.46. The molecule has 0 spiro atoms. The Hall–Kier alpha value is -2.92. The van der Waals surface area contributed by atoms with Gasteiger partial charge in [0.05, 0.1) is 0 Å². The smallest absolute Gasteiger partial charge is 0.293 e. The van der Waals surface area contributed by atoms with Crippen LogP contribution in [0.4, 0.5) is 0 Å². The van der Waals surface area contributed by atoms with Crippen LogP contribution in [0.25, 0.3) is 34.0 Å². The number of ketones is 1. The molecular formula is C20H15ClN2O3. The molecule has 0 amide bonds. The van der Waals surface area contributed by atoms with Gasteiger partial charge in [-0.25, -0.2) is 0 Å². The number of Topliss-reactive ketones (excluding diaryl/α,β-unsaturated/α-hetero) is 1. The van der Waals surface area contributed by atoms with Crippen LogP contribution in [0.1, 0.15) is 28.4 Å². The van der Waals surface area contributed by atoms with E-state index < -0.39 is 0 Å². The lowest BCUT2D eigenvalue weighted by molar-refractivity contribution is 0.101. The molecule has 2 aromatic carbocycles. The number of rotatable bonds is 3. The van der Waals surface area contributed by atoms with Crippen molar-refractivity contribution in [3.8, 4) is 23.0 Å². The summed E-state index contributed by atoms with van der Waals surface area (Å²) in [5, 5.41) is 5.63. The minimum Gasteiger partial charge on any atom is -0.451 e. The average Bonchev–Trinajstić information content (AvgIpc) is 3.27. The van der Waals surface area contributed by atoms with Crippen LogP contribution < -0.4 is 0 Å². The zero-order valence-corrected chi connectivity index (χ0v) is 15.2.